The van der Waals surface area contributed by atoms with Crippen LogP contribution in [0.4, 0.5) is 4.79 Å². The van der Waals surface area contributed by atoms with Gasteiger partial charge in [0.1, 0.15) is 11.2 Å². The summed E-state index contributed by atoms with van der Waals surface area (Å²) in [5, 5.41) is 3.37. The molecule has 142 valence electrons. The number of rotatable bonds is 3. The van der Waals surface area contributed by atoms with Crippen LogP contribution in [0.1, 0.15) is 18.2 Å². The fraction of sp³-hybridized carbons (Fsp3) is 0.158. The molecule has 7 nitrogen and oxygen atoms in total. The Morgan fingerprint density at radius 3 is 2.64 bits per heavy atom. The molecule has 9 heteroatoms. The molecule has 0 spiro atoms. The monoisotopic (exact) mass is 416 g/mol. The van der Waals surface area contributed by atoms with Gasteiger partial charge in [-0.3, -0.25) is 18.9 Å². The third-order valence-corrected chi connectivity index (χ3v) is 5.24. The summed E-state index contributed by atoms with van der Waals surface area (Å²) in [4.78, 5) is 43.2. The van der Waals surface area contributed by atoms with Crippen LogP contribution in [0.5, 0.6) is 0 Å². The molecule has 1 aliphatic rings. The summed E-state index contributed by atoms with van der Waals surface area (Å²) < 4.78 is 1.38. The number of urea groups is 1. The number of amides is 3. The number of aromatic nitrogens is 2. The van der Waals surface area contributed by atoms with E-state index in [-0.39, 0.29) is 17.1 Å². The molecule has 0 saturated carbocycles. The number of nitrogens with zero attached hydrogens (tertiary/aromatic N) is 3. The zero-order valence-electron chi connectivity index (χ0n) is 14.6. The summed E-state index contributed by atoms with van der Waals surface area (Å²) >= 11 is 12.2. The Morgan fingerprint density at radius 2 is 1.89 bits per heavy atom. The van der Waals surface area contributed by atoms with Crippen LogP contribution in [-0.4, -0.2) is 26.2 Å². The molecular formula is C19H14Cl2N4O3. The van der Waals surface area contributed by atoms with Gasteiger partial charge in [-0.05, 0) is 31.2 Å². The molecule has 4 rings (SSSR count). The molecule has 1 atom stereocenters. The smallest absolute Gasteiger partial charge is 0.319 e. The van der Waals surface area contributed by atoms with Crippen molar-refractivity contribution in [3.05, 3.63) is 80.3 Å². The second-order valence-corrected chi connectivity index (χ2v) is 7.43. The van der Waals surface area contributed by atoms with Crippen molar-refractivity contribution in [2.45, 2.75) is 19.0 Å². The van der Waals surface area contributed by atoms with Crippen LogP contribution in [0.3, 0.4) is 0 Å². The van der Waals surface area contributed by atoms with Crippen molar-refractivity contribution >= 4 is 40.8 Å². The Balaban J connectivity index is 1.69. The molecule has 1 aromatic carbocycles. The molecule has 1 aliphatic heterocycles. The van der Waals surface area contributed by atoms with Crippen molar-refractivity contribution in [1.29, 1.82) is 0 Å². The Bertz CT molecular complexity index is 1190. The standard InChI is InChI=1S/C19H14Cl2N4O3/c1-19(13-6-5-11(20)8-14(13)21)17(27)25(18(28)23-19)10-12-9-16(26)24-7-3-2-4-15(24)22-12/h2-9H,10H2,1H3,(H,23,28). The van der Waals surface area contributed by atoms with Crippen LogP contribution in [0, 0.1) is 0 Å². The van der Waals surface area contributed by atoms with Gasteiger partial charge in [-0.15, -0.1) is 0 Å². The Kier molecular flexibility index (Phi) is 4.36. The highest BCUT2D eigenvalue weighted by atomic mass is 35.5. The average molecular weight is 417 g/mol. The largest absolute Gasteiger partial charge is 0.325 e. The molecule has 0 radical (unpaired) electrons. The van der Waals surface area contributed by atoms with E-state index in [1.54, 1.807) is 43.5 Å². The lowest BCUT2D eigenvalue weighted by Crippen LogP contribution is -2.41. The van der Waals surface area contributed by atoms with Crippen LogP contribution in [0.15, 0.2) is 53.5 Å². The number of carbonyl (C=O) groups is 2. The molecule has 1 N–H and O–H groups in total. The van der Waals surface area contributed by atoms with E-state index in [0.29, 0.717) is 21.9 Å². The van der Waals surface area contributed by atoms with E-state index < -0.39 is 17.5 Å². The zero-order valence-corrected chi connectivity index (χ0v) is 16.2. The van der Waals surface area contributed by atoms with Crippen LogP contribution in [0.25, 0.3) is 5.65 Å². The Hall–Kier alpha value is -2.90. The first-order chi connectivity index (χ1) is 13.3. The summed E-state index contributed by atoms with van der Waals surface area (Å²) in [6.45, 7) is 1.44. The van der Waals surface area contributed by atoms with E-state index in [4.69, 9.17) is 23.2 Å². The fourth-order valence-electron chi connectivity index (χ4n) is 3.26. The van der Waals surface area contributed by atoms with Crippen molar-refractivity contribution in [1.82, 2.24) is 19.6 Å². The van der Waals surface area contributed by atoms with E-state index in [1.807, 2.05) is 0 Å². The average Bonchev–Trinajstić information content (AvgIpc) is 2.85. The van der Waals surface area contributed by atoms with Gasteiger partial charge in [0.2, 0.25) is 0 Å². The molecule has 3 heterocycles. The number of imide groups is 1. The van der Waals surface area contributed by atoms with Crippen LogP contribution in [0.2, 0.25) is 10.0 Å². The quantitative estimate of drug-likeness (QED) is 0.665. The van der Waals surface area contributed by atoms with Crippen LogP contribution >= 0.6 is 23.2 Å². The number of halogens is 2. The Morgan fingerprint density at radius 1 is 1.11 bits per heavy atom. The van der Waals surface area contributed by atoms with Gasteiger partial charge < -0.3 is 5.32 Å². The first-order valence-corrected chi connectivity index (χ1v) is 9.12. The van der Waals surface area contributed by atoms with Gasteiger partial charge in [-0.1, -0.05) is 35.3 Å². The highest BCUT2D eigenvalue weighted by Crippen LogP contribution is 2.35. The van der Waals surface area contributed by atoms with E-state index in [0.717, 1.165) is 4.90 Å². The number of benzene rings is 1. The van der Waals surface area contributed by atoms with Gasteiger partial charge in [0, 0.05) is 27.9 Å². The molecule has 28 heavy (non-hydrogen) atoms. The third-order valence-electron chi connectivity index (χ3n) is 4.69. The summed E-state index contributed by atoms with van der Waals surface area (Å²) in [5.41, 5.74) is -0.459. The fourth-order valence-corrected chi connectivity index (χ4v) is 3.86. The highest BCUT2D eigenvalue weighted by molar-refractivity contribution is 6.35. The molecule has 0 aliphatic carbocycles. The first-order valence-electron chi connectivity index (χ1n) is 8.36. The predicted molar refractivity (Wildman–Crippen MR) is 104 cm³/mol. The van der Waals surface area contributed by atoms with Crippen molar-refractivity contribution < 1.29 is 9.59 Å². The van der Waals surface area contributed by atoms with Crippen LogP contribution in [-0.2, 0) is 16.9 Å². The van der Waals surface area contributed by atoms with Crippen molar-refractivity contribution in [2.75, 3.05) is 0 Å². The SMILES string of the molecule is CC1(c2ccc(Cl)cc2Cl)NC(=O)N(Cc2cc(=O)n3ccccc3n2)C1=O. The predicted octanol–water partition coefficient (Wildman–Crippen LogP) is 2.97. The van der Waals surface area contributed by atoms with E-state index in [1.165, 1.54) is 16.5 Å². The van der Waals surface area contributed by atoms with Crippen molar-refractivity contribution in [3.8, 4) is 0 Å². The number of nitrogens with one attached hydrogen (secondary N) is 1. The van der Waals surface area contributed by atoms with Gasteiger partial charge in [0.15, 0.2) is 0 Å². The maximum Gasteiger partial charge on any atom is 0.325 e. The second kappa shape index (κ2) is 6.61. The lowest BCUT2D eigenvalue weighted by Gasteiger charge is -2.23. The zero-order chi connectivity index (χ0) is 20.1. The van der Waals surface area contributed by atoms with E-state index in [9.17, 15) is 14.4 Å². The third kappa shape index (κ3) is 2.93. The lowest BCUT2D eigenvalue weighted by molar-refractivity contribution is -0.131. The minimum atomic E-state index is -1.34. The van der Waals surface area contributed by atoms with Gasteiger partial charge in [0.25, 0.3) is 11.5 Å². The number of pyridine rings is 1. The molecule has 1 unspecified atom stereocenters. The molecule has 2 aromatic heterocycles. The molecule has 1 fully saturated rings. The normalized spacial score (nSPS) is 19.3. The van der Waals surface area contributed by atoms with Gasteiger partial charge in [-0.2, -0.15) is 0 Å². The summed E-state index contributed by atoms with van der Waals surface area (Å²) in [6, 6.07) is 10.6. The highest BCUT2D eigenvalue weighted by Gasteiger charge is 2.50. The van der Waals surface area contributed by atoms with Crippen molar-refractivity contribution in [3.63, 3.8) is 0 Å². The molecule has 3 aromatic rings. The lowest BCUT2D eigenvalue weighted by atomic mass is 9.92. The number of fused-ring (bicyclic) bond motifs is 1. The number of hydrogen-bond acceptors (Lipinski definition) is 4. The van der Waals surface area contributed by atoms with Crippen molar-refractivity contribution in [2.24, 2.45) is 0 Å². The van der Waals surface area contributed by atoms with Gasteiger partial charge >= 0.3 is 6.03 Å². The molecular weight excluding hydrogens is 403 g/mol. The Labute approximate surface area is 169 Å². The topological polar surface area (TPSA) is 83.8 Å². The number of carbonyl (C=O) groups excluding carboxylic acids is 2. The second-order valence-electron chi connectivity index (χ2n) is 6.59. The maximum atomic E-state index is 13.1. The minimum Gasteiger partial charge on any atom is -0.319 e. The summed E-state index contributed by atoms with van der Waals surface area (Å²) in [5.74, 6) is -0.489. The minimum absolute atomic E-state index is 0.133. The van der Waals surface area contributed by atoms with Crippen LogP contribution < -0.4 is 10.9 Å². The summed E-state index contributed by atoms with van der Waals surface area (Å²) in [7, 11) is 0. The van der Waals surface area contributed by atoms with Gasteiger partial charge in [0.05, 0.1) is 12.2 Å². The number of hydrogen-bond donors (Lipinski definition) is 1. The summed E-state index contributed by atoms with van der Waals surface area (Å²) in [6.07, 6.45) is 1.60. The van der Waals surface area contributed by atoms with E-state index in [2.05, 4.69) is 10.3 Å². The van der Waals surface area contributed by atoms with E-state index >= 15 is 0 Å². The molecule has 0 bridgehead atoms. The molecule has 3 amide bonds. The van der Waals surface area contributed by atoms with Gasteiger partial charge in [-0.25, -0.2) is 9.78 Å². The first kappa shape index (κ1) is 18.5. The maximum absolute atomic E-state index is 13.1. The molecule has 1 saturated heterocycles.